The molecule has 3 rings (SSSR count). The van der Waals surface area contributed by atoms with Gasteiger partial charge in [-0.15, -0.1) is 0 Å². The van der Waals surface area contributed by atoms with Crippen molar-refractivity contribution in [3.63, 3.8) is 0 Å². The number of fused-ring (bicyclic) bond motifs is 2. The van der Waals surface area contributed by atoms with Crippen LogP contribution in [-0.2, 0) is 9.47 Å². The van der Waals surface area contributed by atoms with Crippen LogP contribution >= 0.6 is 0 Å². The third-order valence-electron chi connectivity index (χ3n) is 4.33. The van der Waals surface area contributed by atoms with Crippen LogP contribution in [0.3, 0.4) is 0 Å². The highest BCUT2D eigenvalue weighted by atomic mass is 16.6. The Bertz CT molecular complexity index is 649. The quantitative estimate of drug-likeness (QED) is 0.765. The molecule has 0 saturated carbocycles. The Labute approximate surface area is 115 Å². The summed E-state index contributed by atoms with van der Waals surface area (Å²) in [5.41, 5.74) is -1.37. The zero-order chi connectivity index (χ0) is 14.7. The maximum atomic E-state index is 11.9. The van der Waals surface area contributed by atoms with Gasteiger partial charge in [0.15, 0.2) is 6.23 Å². The summed E-state index contributed by atoms with van der Waals surface area (Å²) in [4.78, 5) is 25.6. The van der Waals surface area contributed by atoms with E-state index >= 15 is 0 Å². The van der Waals surface area contributed by atoms with Crippen LogP contribution < -0.4 is 11.2 Å². The van der Waals surface area contributed by atoms with E-state index in [-0.39, 0.29) is 5.92 Å². The fraction of sp³-hybridized carbons (Fsp3) is 0.692. The Morgan fingerprint density at radius 2 is 2.20 bits per heavy atom. The molecule has 2 aliphatic rings. The van der Waals surface area contributed by atoms with Crippen LogP contribution in [0.15, 0.2) is 15.8 Å². The molecule has 2 saturated heterocycles. The molecule has 20 heavy (non-hydrogen) atoms. The van der Waals surface area contributed by atoms with Crippen LogP contribution in [0.4, 0.5) is 0 Å². The molecule has 1 aromatic rings. The number of H-pyrrole nitrogens is 1. The van der Waals surface area contributed by atoms with Gasteiger partial charge in [0, 0.05) is 11.8 Å². The van der Waals surface area contributed by atoms with Gasteiger partial charge < -0.3 is 14.6 Å². The molecule has 2 fully saturated rings. The lowest BCUT2D eigenvalue weighted by molar-refractivity contribution is -0.190. The molecule has 4 atom stereocenters. The molecule has 2 bridgehead atoms. The first kappa shape index (κ1) is 13.5. The smallest absolute Gasteiger partial charge is 0.330 e. The average Bonchev–Trinajstić information content (AvgIpc) is 2.86. The van der Waals surface area contributed by atoms with Gasteiger partial charge in [-0.3, -0.25) is 14.3 Å². The molecule has 7 heteroatoms. The third kappa shape index (κ3) is 1.63. The number of aromatic nitrogens is 2. The van der Waals surface area contributed by atoms with E-state index in [9.17, 15) is 14.7 Å². The number of aliphatic hydroxyl groups is 1. The first-order chi connectivity index (χ1) is 9.36. The summed E-state index contributed by atoms with van der Waals surface area (Å²) >= 11 is 0. The number of ether oxygens (including phenoxy) is 2. The van der Waals surface area contributed by atoms with Crippen LogP contribution in [0.25, 0.3) is 0 Å². The lowest BCUT2D eigenvalue weighted by atomic mass is 9.87. The minimum atomic E-state index is -0.793. The fourth-order valence-electron chi connectivity index (χ4n) is 2.95. The van der Waals surface area contributed by atoms with E-state index in [4.69, 9.17) is 9.47 Å². The SMILES string of the molecule is Cc1cn([C@@H]2O[C@@]3(C(C)C)COC2C3O)c(=O)[nH]c1=O. The largest absolute Gasteiger partial charge is 0.387 e. The van der Waals surface area contributed by atoms with Gasteiger partial charge in [0.05, 0.1) is 6.61 Å². The Kier molecular flexibility index (Phi) is 2.89. The predicted octanol–water partition coefficient (Wildman–Crippen LogP) is -0.472. The molecule has 2 unspecified atom stereocenters. The lowest BCUT2D eigenvalue weighted by Gasteiger charge is -2.34. The fourth-order valence-corrected chi connectivity index (χ4v) is 2.95. The van der Waals surface area contributed by atoms with Crippen molar-refractivity contribution in [3.8, 4) is 0 Å². The van der Waals surface area contributed by atoms with E-state index in [2.05, 4.69) is 4.98 Å². The summed E-state index contributed by atoms with van der Waals surface area (Å²) in [6, 6.07) is 0. The van der Waals surface area contributed by atoms with Gasteiger partial charge in [0.2, 0.25) is 0 Å². The topological polar surface area (TPSA) is 93.6 Å². The lowest BCUT2D eigenvalue weighted by Crippen LogP contribution is -2.46. The second-order valence-corrected chi connectivity index (χ2v) is 5.82. The summed E-state index contributed by atoms with van der Waals surface area (Å²) in [6.07, 6.45) is -0.660. The number of nitrogens with zero attached hydrogens (tertiary/aromatic N) is 1. The number of hydrogen-bond acceptors (Lipinski definition) is 5. The normalized spacial score (nSPS) is 36.0. The number of aliphatic hydroxyl groups excluding tert-OH is 1. The zero-order valence-corrected chi connectivity index (χ0v) is 11.6. The molecule has 2 aliphatic heterocycles. The van der Waals surface area contributed by atoms with Crippen LogP contribution in [0.1, 0.15) is 25.6 Å². The maximum absolute atomic E-state index is 11.9. The van der Waals surface area contributed by atoms with Gasteiger partial charge in [-0.2, -0.15) is 0 Å². The Hall–Kier alpha value is -1.44. The van der Waals surface area contributed by atoms with Gasteiger partial charge in [-0.25, -0.2) is 4.79 Å². The first-order valence-corrected chi connectivity index (χ1v) is 6.66. The van der Waals surface area contributed by atoms with Crippen molar-refractivity contribution in [2.24, 2.45) is 5.92 Å². The molecule has 3 heterocycles. The number of aromatic amines is 1. The van der Waals surface area contributed by atoms with E-state index in [0.29, 0.717) is 12.2 Å². The summed E-state index contributed by atoms with van der Waals surface area (Å²) in [5.74, 6) is 0.0482. The number of nitrogens with one attached hydrogen (secondary N) is 1. The van der Waals surface area contributed by atoms with Gasteiger partial charge in [-0.05, 0) is 12.8 Å². The molecule has 7 nitrogen and oxygen atoms in total. The van der Waals surface area contributed by atoms with Gasteiger partial charge in [0.1, 0.15) is 17.8 Å². The molecule has 0 amide bonds. The Morgan fingerprint density at radius 3 is 2.80 bits per heavy atom. The standard InChI is InChI=1S/C13H18N2O5/c1-6(2)13-5-19-8(9(13)16)11(20-13)15-4-7(3)10(17)14-12(15)18/h4,6,8-9,11,16H,5H2,1-3H3,(H,14,17,18)/t8?,9?,11-,13-/m1/s1. The summed E-state index contributed by atoms with van der Waals surface area (Å²) in [6.45, 7) is 5.80. The van der Waals surface area contributed by atoms with Crippen molar-refractivity contribution < 1.29 is 14.6 Å². The molecule has 0 aliphatic carbocycles. The van der Waals surface area contributed by atoms with Crippen LogP contribution in [0.2, 0.25) is 0 Å². The maximum Gasteiger partial charge on any atom is 0.330 e. The summed E-state index contributed by atoms with van der Waals surface area (Å²) in [7, 11) is 0. The van der Waals surface area contributed by atoms with Gasteiger partial charge in [0.25, 0.3) is 5.56 Å². The van der Waals surface area contributed by atoms with Crippen molar-refractivity contribution in [1.82, 2.24) is 9.55 Å². The molecule has 0 radical (unpaired) electrons. The highest BCUT2D eigenvalue weighted by Gasteiger charge is 2.63. The van der Waals surface area contributed by atoms with Gasteiger partial charge >= 0.3 is 5.69 Å². The molecular weight excluding hydrogens is 264 g/mol. The monoisotopic (exact) mass is 282 g/mol. The minimum Gasteiger partial charge on any atom is -0.387 e. The predicted molar refractivity (Wildman–Crippen MR) is 69.5 cm³/mol. The van der Waals surface area contributed by atoms with Crippen LogP contribution in [0, 0.1) is 12.8 Å². The number of aryl methyl sites for hydroxylation is 1. The average molecular weight is 282 g/mol. The van der Waals surface area contributed by atoms with E-state index < -0.39 is 35.3 Å². The van der Waals surface area contributed by atoms with E-state index in [0.717, 1.165) is 0 Å². The van der Waals surface area contributed by atoms with Crippen LogP contribution in [0.5, 0.6) is 0 Å². The van der Waals surface area contributed by atoms with Crippen LogP contribution in [-0.4, -0.2) is 39.1 Å². The van der Waals surface area contributed by atoms with E-state index in [1.165, 1.54) is 10.8 Å². The van der Waals surface area contributed by atoms with Crippen molar-refractivity contribution in [2.45, 2.75) is 44.8 Å². The highest BCUT2D eigenvalue weighted by molar-refractivity contribution is 5.10. The molecular formula is C13H18N2O5. The number of hydrogen-bond donors (Lipinski definition) is 2. The Morgan fingerprint density at radius 1 is 1.50 bits per heavy atom. The number of rotatable bonds is 2. The highest BCUT2D eigenvalue weighted by Crippen LogP contribution is 2.48. The summed E-state index contributed by atoms with van der Waals surface area (Å²) in [5, 5.41) is 10.4. The van der Waals surface area contributed by atoms with Gasteiger partial charge in [-0.1, -0.05) is 13.8 Å². The molecule has 0 spiro atoms. The first-order valence-electron chi connectivity index (χ1n) is 6.66. The molecule has 110 valence electrons. The van der Waals surface area contributed by atoms with E-state index in [1.54, 1.807) is 6.92 Å². The molecule has 0 aromatic carbocycles. The molecule has 2 N–H and O–H groups in total. The van der Waals surface area contributed by atoms with Crippen molar-refractivity contribution in [2.75, 3.05) is 6.61 Å². The van der Waals surface area contributed by atoms with Crippen molar-refractivity contribution in [3.05, 3.63) is 32.6 Å². The summed E-state index contributed by atoms with van der Waals surface area (Å²) < 4.78 is 12.8. The third-order valence-corrected chi connectivity index (χ3v) is 4.33. The molecule has 1 aromatic heterocycles. The zero-order valence-electron chi connectivity index (χ0n) is 11.6. The minimum absolute atomic E-state index is 0.0482. The van der Waals surface area contributed by atoms with E-state index in [1.807, 2.05) is 13.8 Å². The van der Waals surface area contributed by atoms with Crippen molar-refractivity contribution in [1.29, 1.82) is 0 Å². The van der Waals surface area contributed by atoms with Crippen molar-refractivity contribution >= 4 is 0 Å². The second-order valence-electron chi connectivity index (χ2n) is 5.82. The second kappa shape index (κ2) is 4.28. The Balaban J connectivity index is 2.05.